The molecule has 0 unspecified atom stereocenters. The fraction of sp³-hybridized carbons (Fsp3) is 0.0588. The Bertz CT molecular complexity index is 943. The van der Waals surface area contributed by atoms with Crippen molar-refractivity contribution in [3.05, 3.63) is 76.5 Å². The van der Waals surface area contributed by atoms with Gasteiger partial charge >= 0.3 is 0 Å². The zero-order valence-electron chi connectivity index (χ0n) is 11.7. The number of hydrogen-bond acceptors (Lipinski definition) is 2. The first-order valence-electron chi connectivity index (χ1n) is 6.76. The van der Waals surface area contributed by atoms with Gasteiger partial charge in [0.1, 0.15) is 0 Å². The van der Waals surface area contributed by atoms with Crippen LogP contribution in [0.4, 0.5) is 0 Å². The lowest BCUT2D eigenvalue weighted by Gasteiger charge is -2.11. The molecule has 0 fully saturated rings. The van der Waals surface area contributed by atoms with Crippen molar-refractivity contribution in [1.29, 1.82) is 0 Å². The predicted octanol–water partition coefficient (Wildman–Crippen LogP) is 4.21. The Kier molecular flexibility index (Phi) is 4.10. The van der Waals surface area contributed by atoms with Crippen LogP contribution in [0.1, 0.15) is 5.69 Å². The molecule has 0 aliphatic rings. The molecule has 3 nitrogen and oxygen atoms in total. The van der Waals surface area contributed by atoms with E-state index in [4.69, 9.17) is 0 Å². The number of halogens is 1. The maximum absolute atomic E-state index is 13.1. The van der Waals surface area contributed by atoms with Crippen LogP contribution in [0.25, 0.3) is 10.9 Å². The van der Waals surface area contributed by atoms with Crippen molar-refractivity contribution in [2.24, 2.45) is 0 Å². The van der Waals surface area contributed by atoms with Crippen LogP contribution in [0.15, 0.2) is 72.1 Å². The molecular weight excluding hydrogens is 409 g/mol. The summed E-state index contributed by atoms with van der Waals surface area (Å²) in [4.78, 5) is 0.289. The van der Waals surface area contributed by atoms with Gasteiger partial charge in [-0.1, -0.05) is 42.5 Å². The third-order valence-corrected chi connectivity index (χ3v) is 6.45. The number of fused-ring (bicyclic) bond motifs is 1. The smallest absolute Gasteiger partial charge is 0.237 e. The summed E-state index contributed by atoms with van der Waals surface area (Å²) >= 11 is 2.21. The molecule has 0 aliphatic heterocycles. The lowest BCUT2D eigenvalue weighted by atomic mass is 10.2. The summed E-state index contributed by atoms with van der Waals surface area (Å²) in [7, 11) is -3.63. The minimum absolute atomic E-state index is 0.289. The summed E-state index contributed by atoms with van der Waals surface area (Å²) in [5.41, 5.74) is 1.45. The highest BCUT2D eigenvalue weighted by Gasteiger charge is 2.24. The van der Waals surface area contributed by atoms with E-state index in [1.54, 1.807) is 36.4 Å². The Hall–Kier alpha value is -1.60. The first-order valence-corrected chi connectivity index (χ1v) is 9.28. The lowest BCUT2D eigenvalue weighted by Crippen LogP contribution is -2.15. The third kappa shape index (κ3) is 2.38. The molecule has 0 bridgehead atoms. The largest absolute Gasteiger partial charge is 0.268 e. The van der Waals surface area contributed by atoms with E-state index in [9.17, 15) is 8.42 Å². The van der Waals surface area contributed by atoms with E-state index < -0.39 is 10.0 Å². The second-order valence-corrected chi connectivity index (χ2v) is 7.72. The van der Waals surface area contributed by atoms with Crippen molar-refractivity contribution in [2.75, 3.05) is 0 Å². The van der Waals surface area contributed by atoms with Gasteiger partial charge in [-0.15, -0.1) is 6.58 Å². The molecule has 0 amide bonds. The molecule has 1 aromatic heterocycles. The summed E-state index contributed by atoms with van der Waals surface area (Å²) < 4.78 is 28.6. The number of rotatable bonds is 4. The van der Waals surface area contributed by atoms with Crippen molar-refractivity contribution in [1.82, 2.24) is 3.97 Å². The van der Waals surface area contributed by atoms with Gasteiger partial charge in [0.25, 0.3) is 10.0 Å². The highest BCUT2D eigenvalue weighted by Crippen LogP contribution is 2.31. The quantitative estimate of drug-likeness (QED) is 0.466. The molecular formula is C17H14INO2S. The molecule has 22 heavy (non-hydrogen) atoms. The molecule has 0 saturated heterocycles. The second kappa shape index (κ2) is 5.89. The van der Waals surface area contributed by atoms with E-state index in [1.165, 1.54) is 3.97 Å². The Morgan fingerprint density at radius 2 is 1.68 bits per heavy atom. The zero-order chi connectivity index (χ0) is 15.7. The third-order valence-electron chi connectivity index (χ3n) is 3.48. The summed E-state index contributed by atoms with van der Waals surface area (Å²) in [5.74, 6) is 0. The zero-order valence-corrected chi connectivity index (χ0v) is 14.7. The van der Waals surface area contributed by atoms with Gasteiger partial charge in [0.2, 0.25) is 0 Å². The number of hydrogen-bond donors (Lipinski definition) is 0. The second-order valence-electron chi connectivity index (χ2n) is 4.85. The molecule has 112 valence electrons. The van der Waals surface area contributed by atoms with Gasteiger partial charge in [-0.2, -0.15) is 0 Å². The molecule has 0 aliphatic carbocycles. The monoisotopic (exact) mass is 423 g/mol. The van der Waals surface area contributed by atoms with Gasteiger partial charge in [0, 0.05) is 15.4 Å². The Balaban J connectivity index is 2.39. The maximum Gasteiger partial charge on any atom is 0.268 e. The molecule has 0 saturated carbocycles. The minimum Gasteiger partial charge on any atom is -0.237 e. The highest BCUT2D eigenvalue weighted by molar-refractivity contribution is 14.1. The average Bonchev–Trinajstić information content (AvgIpc) is 2.82. The molecule has 2 aromatic carbocycles. The molecule has 3 rings (SSSR count). The van der Waals surface area contributed by atoms with Gasteiger partial charge in [-0.25, -0.2) is 12.4 Å². The van der Waals surface area contributed by atoms with Crippen LogP contribution in [-0.4, -0.2) is 12.4 Å². The van der Waals surface area contributed by atoms with E-state index in [2.05, 4.69) is 29.2 Å². The molecule has 0 atom stereocenters. The van der Waals surface area contributed by atoms with E-state index in [0.717, 1.165) is 14.7 Å². The van der Waals surface area contributed by atoms with E-state index >= 15 is 0 Å². The SMILES string of the molecule is C=CCc1c(I)c2ccccc2n1S(=O)(=O)c1ccccc1. The van der Waals surface area contributed by atoms with Gasteiger partial charge in [-0.05, 0) is 40.8 Å². The van der Waals surface area contributed by atoms with Crippen LogP contribution in [0, 0.1) is 3.57 Å². The van der Waals surface area contributed by atoms with Gasteiger partial charge in [0.05, 0.1) is 16.1 Å². The van der Waals surface area contributed by atoms with Crippen LogP contribution < -0.4 is 0 Å². The molecule has 0 radical (unpaired) electrons. The number of para-hydroxylation sites is 1. The number of allylic oxidation sites excluding steroid dienone is 1. The van der Waals surface area contributed by atoms with Crippen molar-refractivity contribution >= 4 is 43.5 Å². The van der Waals surface area contributed by atoms with Crippen LogP contribution in [0.5, 0.6) is 0 Å². The van der Waals surface area contributed by atoms with Crippen molar-refractivity contribution < 1.29 is 8.42 Å². The Morgan fingerprint density at radius 1 is 1.05 bits per heavy atom. The fourth-order valence-electron chi connectivity index (χ4n) is 2.51. The highest BCUT2D eigenvalue weighted by atomic mass is 127. The van der Waals surface area contributed by atoms with Crippen LogP contribution in [0.2, 0.25) is 0 Å². The average molecular weight is 423 g/mol. The van der Waals surface area contributed by atoms with Crippen LogP contribution in [0.3, 0.4) is 0 Å². The van der Waals surface area contributed by atoms with E-state index in [0.29, 0.717) is 11.9 Å². The minimum atomic E-state index is -3.63. The van der Waals surface area contributed by atoms with Crippen LogP contribution >= 0.6 is 22.6 Å². The van der Waals surface area contributed by atoms with Gasteiger partial charge < -0.3 is 0 Å². The summed E-state index contributed by atoms with van der Waals surface area (Å²) in [6.07, 6.45) is 2.23. The van der Waals surface area contributed by atoms with Crippen molar-refractivity contribution in [3.8, 4) is 0 Å². The molecule has 3 aromatic rings. The summed E-state index contributed by atoms with van der Waals surface area (Å²) in [6.45, 7) is 3.75. The molecule has 5 heteroatoms. The maximum atomic E-state index is 13.1. The fourth-order valence-corrected chi connectivity index (χ4v) is 5.18. The molecule has 0 spiro atoms. The van der Waals surface area contributed by atoms with Crippen LogP contribution in [-0.2, 0) is 16.4 Å². The van der Waals surface area contributed by atoms with Gasteiger partial charge in [-0.3, -0.25) is 0 Å². The Morgan fingerprint density at radius 3 is 2.36 bits per heavy atom. The predicted molar refractivity (Wildman–Crippen MR) is 97.6 cm³/mol. The number of nitrogens with zero attached hydrogens (tertiary/aromatic N) is 1. The number of aromatic nitrogens is 1. The van der Waals surface area contributed by atoms with Crippen molar-refractivity contribution in [2.45, 2.75) is 11.3 Å². The molecule has 0 N–H and O–H groups in total. The first kappa shape index (κ1) is 15.3. The first-order chi connectivity index (χ1) is 10.6. The number of benzene rings is 2. The van der Waals surface area contributed by atoms with E-state index in [1.807, 2.05) is 24.3 Å². The standard InChI is InChI=1S/C17H14INO2S/c1-2-8-16-17(18)14-11-6-7-12-15(14)19(16)22(20,21)13-9-4-3-5-10-13/h2-7,9-12H,1,8H2. The van der Waals surface area contributed by atoms with Gasteiger partial charge in [0.15, 0.2) is 0 Å². The normalized spacial score (nSPS) is 11.7. The summed E-state index contributed by atoms with van der Waals surface area (Å²) in [6, 6.07) is 16.1. The van der Waals surface area contributed by atoms with E-state index in [-0.39, 0.29) is 4.90 Å². The Labute approximate surface area is 143 Å². The molecule has 1 heterocycles. The topological polar surface area (TPSA) is 39.1 Å². The van der Waals surface area contributed by atoms with Crippen molar-refractivity contribution in [3.63, 3.8) is 0 Å². The lowest BCUT2D eigenvalue weighted by molar-refractivity contribution is 0.587. The summed E-state index contributed by atoms with van der Waals surface area (Å²) in [5, 5.41) is 0.944.